The summed E-state index contributed by atoms with van der Waals surface area (Å²) >= 11 is 3.70. The summed E-state index contributed by atoms with van der Waals surface area (Å²) in [5.74, 6) is 7.30. The van der Waals surface area contributed by atoms with Crippen LogP contribution in [0.15, 0.2) is 102 Å². The lowest BCUT2D eigenvalue weighted by Gasteiger charge is -2.32. The molecule has 0 saturated heterocycles. The highest BCUT2D eigenvalue weighted by Crippen LogP contribution is 2.31. The van der Waals surface area contributed by atoms with Gasteiger partial charge in [0, 0.05) is 23.0 Å². The summed E-state index contributed by atoms with van der Waals surface area (Å²) in [6.45, 7) is 1.28. The third-order valence-corrected chi connectivity index (χ3v) is 6.70. The highest BCUT2D eigenvalue weighted by Gasteiger charge is 2.26. The van der Waals surface area contributed by atoms with Crippen LogP contribution in [-0.4, -0.2) is 28.7 Å². The molecule has 33 heavy (non-hydrogen) atoms. The lowest BCUT2D eigenvalue weighted by molar-refractivity contribution is 0.0768. The number of hydrogen-bond acceptors (Lipinski definition) is 2. The Bertz CT molecular complexity index is 1100. The summed E-state index contributed by atoms with van der Waals surface area (Å²) < 4.78 is 1.08. The molecule has 0 spiro atoms. The molecule has 0 radical (unpaired) electrons. The number of allylic oxidation sites excluding steroid dienone is 1. The van der Waals surface area contributed by atoms with Crippen LogP contribution in [0.3, 0.4) is 0 Å². The average Bonchev–Trinajstić information content (AvgIpc) is 3.66. The van der Waals surface area contributed by atoms with Crippen molar-refractivity contribution in [3.8, 4) is 11.8 Å². The van der Waals surface area contributed by atoms with Gasteiger partial charge in [-0.3, -0.25) is 4.90 Å². The van der Waals surface area contributed by atoms with Gasteiger partial charge in [0.25, 0.3) is 0 Å². The minimum atomic E-state index is -0.525. The molecule has 1 aliphatic rings. The molecule has 0 aromatic heterocycles. The number of hydrogen-bond donors (Lipinski definition) is 1. The molecule has 4 rings (SSSR count). The van der Waals surface area contributed by atoms with Crippen LogP contribution in [0.5, 0.6) is 0 Å². The molecule has 0 unspecified atom stereocenters. The number of halogens is 1. The molecule has 0 aliphatic heterocycles. The van der Waals surface area contributed by atoms with Crippen molar-refractivity contribution in [3.63, 3.8) is 0 Å². The zero-order valence-corrected chi connectivity index (χ0v) is 20.4. The number of nitrogens with zero attached hydrogens (tertiary/aromatic N) is 1. The van der Waals surface area contributed by atoms with Gasteiger partial charge < -0.3 is 5.11 Å². The van der Waals surface area contributed by atoms with Gasteiger partial charge in [-0.2, -0.15) is 0 Å². The van der Waals surface area contributed by atoms with Crippen molar-refractivity contribution in [2.45, 2.75) is 38.0 Å². The van der Waals surface area contributed by atoms with E-state index < -0.39 is 6.10 Å². The molecular weight excluding hydrogens is 470 g/mol. The van der Waals surface area contributed by atoms with Crippen molar-refractivity contribution in [1.82, 2.24) is 4.90 Å². The Morgan fingerprint density at radius 1 is 0.939 bits per heavy atom. The molecule has 1 aliphatic carbocycles. The van der Waals surface area contributed by atoms with E-state index in [2.05, 4.69) is 75.2 Å². The molecule has 0 heterocycles. The van der Waals surface area contributed by atoms with Crippen LogP contribution in [0, 0.1) is 17.8 Å². The van der Waals surface area contributed by atoms with Crippen LogP contribution in [-0.2, 0) is 13.0 Å². The highest BCUT2D eigenvalue weighted by molar-refractivity contribution is 9.10. The second-order valence-electron chi connectivity index (χ2n) is 8.63. The fraction of sp³-hybridized carbons (Fsp3) is 0.267. The number of rotatable bonds is 9. The lowest BCUT2D eigenvalue weighted by atomic mass is 9.99. The predicted octanol–water partition coefficient (Wildman–Crippen LogP) is 6.24. The molecule has 1 N–H and O–H groups in total. The third-order valence-electron chi connectivity index (χ3n) is 5.93. The van der Waals surface area contributed by atoms with E-state index in [0.29, 0.717) is 25.4 Å². The molecule has 2 nitrogen and oxygen atoms in total. The Hall–Kier alpha value is -2.64. The number of benzene rings is 3. The van der Waals surface area contributed by atoms with Crippen LogP contribution >= 0.6 is 15.9 Å². The molecule has 3 heteroatoms. The first-order valence-electron chi connectivity index (χ1n) is 11.6. The van der Waals surface area contributed by atoms with Crippen LogP contribution < -0.4 is 0 Å². The van der Waals surface area contributed by atoms with E-state index in [-0.39, 0.29) is 6.04 Å². The molecule has 1 fully saturated rings. The molecule has 1 saturated carbocycles. The third kappa shape index (κ3) is 7.44. The van der Waals surface area contributed by atoms with E-state index in [0.717, 1.165) is 15.6 Å². The maximum absolute atomic E-state index is 11.4. The largest absolute Gasteiger partial charge is 0.391 e. The maximum atomic E-state index is 11.4. The van der Waals surface area contributed by atoms with E-state index >= 15 is 0 Å². The second-order valence-corrected chi connectivity index (χ2v) is 9.49. The second kappa shape index (κ2) is 12.0. The monoisotopic (exact) mass is 499 g/mol. The van der Waals surface area contributed by atoms with Crippen molar-refractivity contribution < 1.29 is 5.11 Å². The van der Waals surface area contributed by atoms with E-state index in [1.165, 1.54) is 18.4 Å². The van der Waals surface area contributed by atoms with Gasteiger partial charge in [-0.25, -0.2) is 0 Å². The highest BCUT2D eigenvalue weighted by atomic mass is 79.9. The van der Waals surface area contributed by atoms with Gasteiger partial charge >= 0.3 is 0 Å². The van der Waals surface area contributed by atoms with Gasteiger partial charge in [0.15, 0.2) is 0 Å². The molecule has 168 valence electrons. The zero-order chi connectivity index (χ0) is 22.9. The van der Waals surface area contributed by atoms with Crippen molar-refractivity contribution in [1.29, 1.82) is 0 Å². The fourth-order valence-electron chi connectivity index (χ4n) is 3.91. The van der Waals surface area contributed by atoms with E-state index in [1.54, 1.807) is 0 Å². The van der Waals surface area contributed by atoms with Crippen LogP contribution in [0.1, 0.15) is 29.5 Å². The zero-order valence-electron chi connectivity index (χ0n) is 18.8. The minimum absolute atomic E-state index is 0.122. The van der Waals surface area contributed by atoms with Gasteiger partial charge in [-0.1, -0.05) is 107 Å². The Morgan fingerprint density at radius 3 is 2.30 bits per heavy atom. The average molecular weight is 500 g/mol. The summed E-state index contributed by atoms with van der Waals surface area (Å²) in [6, 6.07) is 28.5. The number of aliphatic hydroxyl groups is 1. The summed E-state index contributed by atoms with van der Waals surface area (Å²) in [5.41, 5.74) is 3.34. The smallest absolute Gasteiger partial charge is 0.0771 e. The quantitative estimate of drug-likeness (QED) is 0.278. The first kappa shape index (κ1) is 23.5. The molecule has 0 bridgehead atoms. The summed E-state index contributed by atoms with van der Waals surface area (Å²) in [6.07, 6.45) is 7.08. The summed E-state index contributed by atoms with van der Waals surface area (Å²) in [7, 11) is 0. The molecular formula is C30H30BrNO. The summed E-state index contributed by atoms with van der Waals surface area (Å²) in [5, 5.41) is 11.4. The van der Waals surface area contributed by atoms with E-state index in [1.807, 2.05) is 54.6 Å². The lowest BCUT2D eigenvalue weighted by Crippen LogP contribution is -2.43. The van der Waals surface area contributed by atoms with Gasteiger partial charge in [0.1, 0.15) is 0 Å². The first-order chi connectivity index (χ1) is 16.2. The molecule has 3 aromatic rings. The van der Waals surface area contributed by atoms with Crippen LogP contribution in [0.4, 0.5) is 0 Å². The Kier molecular flexibility index (Phi) is 8.55. The molecule has 3 aromatic carbocycles. The first-order valence-corrected chi connectivity index (χ1v) is 12.4. The normalized spacial score (nSPS) is 15.2. The Labute approximate surface area is 206 Å². The summed E-state index contributed by atoms with van der Waals surface area (Å²) in [4.78, 5) is 2.29. The van der Waals surface area contributed by atoms with Crippen LogP contribution in [0.2, 0.25) is 0 Å². The molecule has 0 amide bonds. The van der Waals surface area contributed by atoms with Gasteiger partial charge in [-0.05, 0) is 48.1 Å². The topological polar surface area (TPSA) is 23.5 Å². The van der Waals surface area contributed by atoms with Crippen molar-refractivity contribution in [2.24, 2.45) is 5.92 Å². The van der Waals surface area contributed by atoms with Crippen LogP contribution in [0.25, 0.3) is 0 Å². The predicted molar refractivity (Wildman–Crippen MR) is 140 cm³/mol. The Morgan fingerprint density at radius 2 is 1.61 bits per heavy atom. The molecule has 2 atom stereocenters. The van der Waals surface area contributed by atoms with Crippen molar-refractivity contribution in [2.75, 3.05) is 6.54 Å². The van der Waals surface area contributed by atoms with Gasteiger partial charge in [-0.15, -0.1) is 0 Å². The fourth-order valence-corrected chi connectivity index (χ4v) is 4.32. The van der Waals surface area contributed by atoms with Gasteiger partial charge in [0.05, 0.1) is 18.7 Å². The number of aliphatic hydroxyl groups excluding tert-OH is 1. The van der Waals surface area contributed by atoms with Gasteiger partial charge in [0.2, 0.25) is 0 Å². The SMILES string of the molecule is O[C@@H](Cc1ccccc1)[C@@H](/C=C/C1CC1)N(CC#Cc1ccccc1)Cc1ccccc1Br. The van der Waals surface area contributed by atoms with Crippen molar-refractivity contribution >= 4 is 15.9 Å². The van der Waals surface area contributed by atoms with E-state index in [4.69, 9.17) is 0 Å². The Balaban J connectivity index is 1.60. The van der Waals surface area contributed by atoms with E-state index in [9.17, 15) is 5.11 Å². The maximum Gasteiger partial charge on any atom is 0.0771 e. The minimum Gasteiger partial charge on any atom is -0.391 e. The van der Waals surface area contributed by atoms with Crippen molar-refractivity contribution in [3.05, 3.63) is 118 Å². The standard InChI is InChI=1S/C30H30BrNO/c31-28-16-8-7-15-27(28)23-32(21-9-14-24-10-3-1-4-11-24)29(20-19-25-17-18-25)30(33)22-26-12-5-2-6-13-26/h1-8,10-13,15-16,19-20,25,29-30,33H,17-18,21-23H2/b20-19+/t29-,30+/m1/s1.